The fraction of sp³-hybridized carbons (Fsp3) is 0.278. The SMILES string of the molecule is Cn1cc(C#Cc2cnc(OS(=O)(=O)C(F)(F)F)c3nnc(NC(=O)C4CC4)cc23)cn1. The smallest absolute Gasteiger partial charge is 0.353 e. The Morgan fingerprint density at radius 1 is 1.25 bits per heavy atom. The molecule has 0 unspecified atom stereocenters. The van der Waals surface area contributed by atoms with Crippen molar-refractivity contribution >= 4 is 32.7 Å². The molecule has 14 heteroatoms. The van der Waals surface area contributed by atoms with Gasteiger partial charge in [-0.3, -0.25) is 9.48 Å². The highest BCUT2D eigenvalue weighted by Gasteiger charge is 2.49. The molecule has 3 aromatic heterocycles. The molecule has 1 amide bonds. The van der Waals surface area contributed by atoms with Crippen molar-refractivity contribution in [2.75, 3.05) is 5.32 Å². The number of fused-ring (bicyclic) bond motifs is 1. The molecule has 1 fully saturated rings. The topological polar surface area (TPSA) is 129 Å². The van der Waals surface area contributed by atoms with Crippen LogP contribution < -0.4 is 9.50 Å². The van der Waals surface area contributed by atoms with Gasteiger partial charge >= 0.3 is 15.6 Å². The van der Waals surface area contributed by atoms with Crippen molar-refractivity contribution in [1.29, 1.82) is 0 Å². The van der Waals surface area contributed by atoms with E-state index in [1.807, 2.05) is 0 Å². The van der Waals surface area contributed by atoms with Crippen LogP contribution in [0.25, 0.3) is 10.9 Å². The van der Waals surface area contributed by atoms with Gasteiger partial charge in [-0.1, -0.05) is 11.8 Å². The molecule has 0 saturated heterocycles. The van der Waals surface area contributed by atoms with E-state index in [1.54, 1.807) is 13.2 Å². The summed E-state index contributed by atoms with van der Waals surface area (Å²) in [5, 5.41) is 14.1. The summed E-state index contributed by atoms with van der Waals surface area (Å²) in [6.07, 6.45) is 5.66. The van der Waals surface area contributed by atoms with Crippen molar-refractivity contribution in [1.82, 2.24) is 25.0 Å². The van der Waals surface area contributed by atoms with Gasteiger partial charge in [0, 0.05) is 30.7 Å². The quantitative estimate of drug-likeness (QED) is 0.350. The van der Waals surface area contributed by atoms with Crippen LogP contribution in [0.3, 0.4) is 0 Å². The maximum atomic E-state index is 12.7. The van der Waals surface area contributed by atoms with E-state index in [0.717, 1.165) is 19.0 Å². The summed E-state index contributed by atoms with van der Waals surface area (Å²) in [5.74, 6) is 4.28. The van der Waals surface area contributed by atoms with Crippen LogP contribution in [0.1, 0.15) is 24.0 Å². The first-order valence-corrected chi connectivity index (χ1v) is 10.4. The number of aryl methyl sites for hydroxylation is 1. The molecule has 0 atom stereocenters. The summed E-state index contributed by atoms with van der Waals surface area (Å²) < 4.78 is 66.8. The molecule has 4 rings (SSSR count). The first-order valence-electron chi connectivity index (χ1n) is 9.02. The maximum absolute atomic E-state index is 12.7. The second kappa shape index (κ2) is 7.75. The number of alkyl halides is 3. The van der Waals surface area contributed by atoms with Crippen LogP contribution in [-0.4, -0.2) is 44.8 Å². The lowest BCUT2D eigenvalue weighted by Gasteiger charge is -2.11. The van der Waals surface area contributed by atoms with Crippen molar-refractivity contribution in [2.24, 2.45) is 13.0 Å². The number of carbonyl (C=O) groups is 1. The molecular formula is C18H13F3N6O4S. The first-order chi connectivity index (χ1) is 15.0. The largest absolute Gasteiger partial charge is 0.534 e. The Morgan fingerprint density at radius 3 is 2.62 bits per heavy atom. The Balaban J connectivity index is 1.79. The van der Waals surface area contributed by atoms with Crippen LogP contribution in [0.15, 0.2) is 24.7 Å². The number of halogens is 3. The van der Waals surface area contributed by atoms with Gasteiger partial charge < -0.3 is 9.50 Å². The molecule has 3 aromatic rings. The molecule has 0 aliphatic heterocycles. The average molecular weight is 466 g/mol. The van der Waals surface area contributed by atoms with E-state index in [4.69, 9.17) is 0 Å². The Labute approximate surface area is 178 Å². The highest BCUT2D eigenvalue weighted by atomic mass is 32.2. The minimum atomic E-state index is -5.99. The monoisotopic (exact) mass is 466 g/mol. The molecule has 0 bridgehead atoms. The van der Waals surface area contributed by atoms with Crippen LogP contribution in [0.5, 0.6) is 5.88 Å². The number of aromatic nitrogens is 5. The molecule has 0 radical (unpaired) electrons. The number of hydrogen-bond donors (Lipinski definition) is 1. The van der Waals surface area contributed by atoms with Gasteiger partial charge in [-0.05, 0) is 18.9 Å². The third-order valence-electron chi connectivity index (χ3n) is 4.32. The van der Waals surface area contributed by atoms with Gasteiger partial charge in [-0.25, -0.2) is 4.98 Å². The van der Waals surface area contributed by atoms with Gasteiger partial charge in [0.2, 0.25) is 5.91 Å². The Morgan fingerprint density at radius 2 is 2.00 bits per heavy atom. The zero-order valence-electron chi connectivity index (χ0n) is 16.2. The van der Waals surface area contributed by atoms with Crippen LogP contribution in [0.2, 0.25) is 0 Å². The molecule has 166 valence electrons. The summed E-state index contributed by atoms with van der Waals surface area (Å²) in [6, 6.07) is 1.31. The van der Waals surface area contributed by atoms with Crippen LogP contribution >= 0.6 is 0 Å². The molecule has 0 spiro atoms. The zero-order valence-corrected chi connectivity index (χ0v) is 17.0. The normalized spacial score (nSPS) is 14.0. The first kappa shape index (κ1) is 21.5. The van der Waals surface area contributed by atoms with Crippen LogP contribution in [0, 0.1) is 17.8 Å². The van der Waals surface area contributed by atoms with Gasteiger partial charge in [-0.2, -0.15) is 26.7 Å². The minimum absolute atomic E-state index is 0.0228. The third-order valence-corrected chi connectivity index (χ3v) is 5.26. The van der Waals surface area contributed by atoms with Crippen LogP contribution in [-0.2, 0) is 22.0 Å². The van der Waals surface area contributed by atoms with Gasteiger partial charge in [-0.15, -0.1) is 10.2 Å². The Hall–Kier alpha value is -3.73. The number of nitrogens with one attached hydrogen (secondary N) is 1. The predicted octanol–water partition coefficient (Wildman–Crippen LogP) is 1.73. The number of amides is 1. The van der Waals surface area contributed by atoms with E-state index >= 15 is 0 Å². The second-order valence-electron chi connectivity index (χ2n) is 6.87. The number of carbonyl (C=O) groups excluding carboxylic acids is 1. The van der Waals surface area contributed by atoms with Crippen molar-refractivity contribution in [3.8, 4) is 17.7 Å². The van der Waals surface area contributed by atoms with E-state index in [9.17, 15) is 26.4 Å². The predicted molar refractivity (Wildman–Crippen MR) is 103 cm³/mol. The molecule has 1 saturated carbocycles. The lowest BCUT2D eigenvalue weighted by Crippen LogP contribution is -2.28. The van der Waals surface area contributed by atoms with Crippen molar-refractivity contribution in [3.05, 3.63) is 35.8 Å². The van der Waals surface area contributed by atoms with Gasteiger partial charge in [0.25, 0.3) is 5.88 Å². The highest BCUT2D eigenvalue weighted by molar-refractivity contribution is 7.88. The fourth-order valence-corrected chi connectivity index (χ4v) is 3.01. The zero-order chi connectivity index (χ0) is 23.1. The van der Waals surface area contributed by atoms with Gasteiger partial charge in [0.15, 0.2) is 11.3 Å². The number of anilines is 1. The highest BCUT2D eigenvalue weighted by Crippen LogP contribution is 2.32. The molecule has 1 N–H and O–H groups in total. The lowest BCUT2D eigenvalue weighted by atomic mass is 10.1. The molecule has 32 heavy (non-hydrogen) atoms. The van der Waals surface area contributed by atoms with Crippen LogP contribution in [0.4, 0.5) is 19.0 Å². The molecule has 3 heterocycles. The Kier molecular flexibility index (Phi) is 5.21. The molecule has 1 aliphatic rings. The standard InChI is InChI=1S/C18H13F3N6O4S/c1-27-9-10(7-23-27)2-3-12-8-22-17(31-32(29,30)18(19,20)21)15-13(12)6-14(25-26-15)24-16(28)11-4-5-11/h6-9,11H,4-5H2,1H3,(H,24,25,28). The summed E-state index contributed by atoms with van der Waals surface area (Å²) in [6.45, 7) is 0. The van der Waals surface area contributed by atoms with Gasteiger partial charge in [0.05, 0.1) is 17.3 Å². The maximum Gasteiger partial charge on any atom is 0.534 e. The molecule has 1 aliphatic carbocycles. The van der Waals surface area contributed by atoms with E-state index < -0.39 is 21.5 Å². The summed E-state index contributed by atoms with van der Waals surface area (Å²) in [7, 11) is -4.29. The summed E-state index contributed by atoms with van der Waals surface area (Å²) >= 11 is 0. The van der Waals surface area contributed by atoms with E-state index in [1.165, 1.54) is 16.9 Å². The fourth-order valence-electron chi connectivity index (χ4n) is 2.58. The van der Waals surface area contributed by atoms with Crippen molar-refractivity contribution < 1.29 is 30.6 Å². The second-order valence-corrected chi connectivity index (χ2v) is 8.41. The van der Waals surface area contributed by atoms with E-state index in [2.05, 4.69) is 41.6 Å². The lowest BCUT2D eigenvalue weighted by molar-refractivity contribution is -0.117. The minimum Gasteiger partial charge on any atom is -0.353 e. The average Bonchev–Trinajstić information content (AvgIpc) is 3.48. The number of nitrogens with zero attached hydrogens (tertiary/aromatic N) is 5. The van der Waals surface area contributed by atoms with Gasteiger partial charge in [0.1, 0.15) is 0 Å². The number of hydrogen-bond acceptors (Lipinski definition) is 8. The van der Waals surface area contributed by atoms with Crippen molar-refractivity contribution in [2.45, 2.75) is 18.3 Å². The molecular weight excluding hydrogens is 453 g/mol. The van der Waals surface area contributed by atoms with Crippen molar-refractivity contribution in [3.63, 3.8) is 0 Å². The molecule has 0 aromatic carbocycles. The van der Waals surface area contributed by atoms with E-state index in [-0.39, 0.29) is 34.1 Å². The van der Waals surface area contributed by atoms with E-state index in [0.29, 0.717) is 5.56 Å². The number of rotatable bonds is 4. The third kappa shape index (κ3) is 4.47. The summed E-state index contributed by atoms with van der Waals surface area (Å²) in [5.41, 5.74) is -5.30. The number of pyridine rings is 1. The summed E-state index contributed by atoms with van der Waals surface area (Å²) in [4.78, 5) is 15.7. The molecule has 10 nitrogen and oxygen atoms in total. The Bertz CT molecular complexity index is 1390.